The molecule has 0 atom stereocenters. The molecule has 2 N–H and O–H groups in total. The molecule has 0 saturated carbocycles. The number of aryl methyl sites for hydroxylation is 3. The fourth-order valence-corrected chi connectivity index (χ4v) is 3.25. The van der Waals surface area contributed by atoms with Crippen molar-refractivity contribution in [2.45, 2.75) is 34.1 Å². The van der Waals surface area contributed by atoms with Gasteiger partial charge in [-0.3, -0.25) is 9.59 Å². The SMILES string of the molecule is CC(=O)Nc1ccc(CCNC(=O)c2oc3c(C)ccc(C)c3c2C)cc1. The lowest BCUT2D eigenvalue weighted by Gasteiger charge is -2.06. The third kappa shape index (κ3) is 4.03. The van der Waals surface area contributed by atoms with E-state index in [2.05, 4.69) is 10.6 Å². The molecule has 0 unspecified atom stereocenters. The van der Waals surface area contributed by atoms with E-state index in [0.717, 1.165) is 38.9 Å². The molecule has 1 heterocycles. The Balaban J connectivity index is 1.65. The van der Waals surface area contributed by atoms with E-state index in [-0.39, 0.29) is 11.8 Å². The van der Waals surface area contributed by atoms with Gasteiger partial charge in [-0.05, 0) is 56.0 Å². The highest BCUT2D eigenvalue weighted by atomic mass is 16.3. The Morgan fingerprint density at radius 3 is 2.26 bits per heavy atom. The lowest BCUT2D eigenvalue weighted by molar-refractivity contribution is -0.114. The Morgan fingerprint density at radius 2 is 1.63 bits per heavy atom. The number of fused-ring (bicyclic) bond motifs is 1. The number of carbonyl (C=O) groups is 2. The van der Waals surface area contributed by atoms with Gasteiger partial charge in [-0.2, -0.15) is 0 Å². The van der Waals surface area contributed by atoms with Crippen molar-refractivity contribution in [2.75, 3.05) is 11.9 Å². The number of anilines is 1. The maximum Gasteiger partial charge on any atom is 0.287 e. The molecule has 0 bridgehead atoms. The largest absolute Gasteiger partial charge is 0.450 e. The molecule has 2 aromatic carbocycles. The fraction of sp³-hybridized carbons (Fsp3) is 0.273. The van der Waals surface area contributed by atoms with E-state index in [1.807, 2.05) is 57.2 Å². The minimum atomic E-state index is -0.197. The average molecular weight is 364 g/mol. The number of amides is 2. The molecule has 3 aromatic rings. The first-order chi connectivity index (χ1) is 12.9. The summed E-state index contributed by atoms with van der Waals surface area (Å²) in [5, 5.41) is 6.69. The molecular formula is C22H24N2O3. The summed E-state index contributed by atoms with van der Waals surface area (Å²) < 4.78 is 5.88. The van der Waals surface area contributed by atoms with Crippen molar-refractivity contribution in [1.82, 2.24) is 5.32 Å². The van der Waals surface area contributed by atoms with Gasteiger partial charge < -0.3 is 15.1 Å². The van der Waals surface area contributed by atoms with Crippen LogP contribution in [0.5, 0.6) is 0 Å². The van der Waals surface area contributed by atoms with E-state index < -0.39 is 0 Å². The van der Waals surface area contributed by atoms with Gasteiger partial charge in [-0.15, -0.1) is 0 Å². The molecule has 0 aliphatic carbocycles. The highest BCUT2D eigenvalue weighted by Gasteiger charge is 2.19. The summed E-state index contributed by atoms with van der Waals surface area (Å²) >= 11 is 0. The van der Waals surface area contributed by atoms with Gasteiger partial charge in [0.1, 0.15) is 5.58 Å². The Kier molecular flexibility index (Phi) is 5.31. The Hall–Kier alpha value is -3.08. The molecule has 2 amide bonds. The van der Waals surface area contributed by atoms with E-state index >= 15 is 0 Å². The van der Waals surface area contributed by atoms with Crippen LogP contribution >= 0.6 is 0 Å². The van der Waals surface area contributed by atoms with Crippen LogP contribution < -0.4 is 10.6 Å². The first-order valence-electron chi connectivity index (χ1n) is 9.01. The third-order valence-electron chi connectivity index (χ3n) is 4.66. The van der Waals surface area contributed by atoms with Crippen molar-refractivity contribution in [3.05, 3.63) is 64.4 Å². The van der Waals surface area contributed by atoms with E-state index in [0.29, 0.717) is 18.7 Å². The zero-order valence-corrected chi connectivity index (χ0v) is 16.1. The van der Waals surface area contributed by atoms with Gasteiger partial charge in [0.05, 0.1) is 0 Å². The molecule has 3 rings (SSSR count). The average Bonchev–Trinajstić information content (AvgIpc) is 2.98. The van der Waals surface area contributed by atoms with Crippen LogP contribution in [-0.2, 0) is 11.2 Å². The van der Waals surface area contributed by atoms with Crippen LogP contribution in [0.15, 0.2) is 40.8 Å². The number of carbonyl (C=O) groups excluding carboxylic acids is 2. The predicted octanol–water partition coefficient (Wildman–Crippen LogP) is 4.29. The maximum absolute atomic E-state index is 12.6. The fourth-order valence-electron chi connectivity index (χ4n) is 3.25. The molecule has 0 saturated heterocycles. The quantitative estimate of drug-likeness (QED) is 0.709. The maximum atomic E-state index is 12.6. The second kappa shape index (κ2) is 7.66. The molecule has 0 spiro atoms. The Morgan fingerprint density at radius 1 is 0.963 bits per heavy atom. The first kappa shape index (κ1) is 18.7. The molecule has 140 valence electrons. The van der Waals surface area contributed by atoms with Crippen LogP contribution in [0.25, 0.3) is 11.0 Å². The van der Waals surface area contributed by atoms with Gasteiger partial charge in [0.2, 0.25) is 5.91 Å². The Bertz CT molecular complexity index is 1000. The predicted molar refractivity (Wildman–Crippen MR) is 107 cm³/mol. The Labute approximate surface area is 158 Å². The second-order valence-electron chi connectivity index (χ2n) is 6.84. The van der Waals surface area contributed by atoms with E-state index in [9.17, 15) is 9.59 Å². The third-order valence-corrected chi connectivity index (χ3v) is 4.66. The van der Waals surface area contributed by atoms with E-state index in [1.54, 1.807) is 0 Å². The number of rotatable bonds is 5. The van der Waals surface area contributed by atoms with Crippen molar-refractivity contribution in [2.24, 2.45) is 0 Å². The number of benzene rings is 2. The van der Waals surface area contributed by atoms with Crippen LogP contribution in [0.1, 0.15) is 39.7 Å². The van der Waals surface area contributed by atoms with E-state index in [1.165, 1.54) is 6.92 Å². The molecule has 0 aliphatic heterocycles. The molecule has 27 heavy (non-hydrogen) atoms. The minimum Gasteiger partial charge on any atom is -0.450 e. The van der Waals surface area contributed by atoms with Crippen LogP contribution in [-0.4, -0.2) is 18.4 Å². The topological polar surface area (TPSA) is 71.3 Å². The summed E-state index contributed by atoms with van der Waals surface area (Å²) in [6.45, 7) is 7.92. The number of furan rings is 1. The minimum absolute atomic E-state index is 0.0957. The van der Waals surface area contributed by atoms with Crippen molar-refractivity contribution < 1.29 is 14.0 Å². The van der Waals surface area contributed by atoms with Gasteiger partial charge in [0.15, 0.2) is 5.76 Å². The molecule has 0 fully saturated rings. The van der Waals surface area contributed by atoms with E-state index in [4.69, 9.17) is 4.42 Å². The van der Waals surface area contributed by atoms with Crippen molar-refractivity contribution in [3.8, 4) is 0 Å². The number of nitrogens with one attached hydrogen (secondary N) is 2. The first-order valence-corrected chi connectivity index (χ1v) is 9.01. The number of hydrogen-bond acceptors (Lipinski definition) is 3. The van der Waals surface area contributed by atoms with Gasteiger partial charge in [0, 0.05) is 30.1 Å². The molecule has 5 nitrogen and oxygen atoms in total. The summed E-state index contributed by atoms with van der Waals surface area (Å²) in [6.07, 6.45) is 0.698. The lowest BCUT2D eigenvalue weighted by atomic mass is 10.0. The van der Waals surface area contributed by atoms with Gasteiger partial charge >= 0.3 is 0 Å². The van der Waals surface area contributed by atoms with Crippen molar-refractivity contribution in [3.63, 3.8) is 0 Å². The second-order valence-corrected chi connectivity index (χ2v) is 6.84. The smallest absolute Gasteiger partial charge is 0.287 e. The summed E-state index contributed by atoms with van der Waals surface area (Å²) in [5.74, 6) is 0.0856. The highest BCUT2D eigenvalue weighted by molar-refractivity contribution is 6.00. The standard InChI is InChI=1S/C22H24N2O3/c1-13-5-6-14(2)20-19(13)15(3)21(27-20)22(26)23-12-11-17-7-9-18(10-8-17)24-16(4)25/h5-10H,11-12H2,1-4H3,(H,23,26)(H,24,25). The van der Waals surface area contributed by atoms with Gasteiger partial charge in [-0.25, -0.2) is 0 Å². The van der Waals surface area contributed by atoms with Crippen molar-refractivity contribution >= 4 is 28.5 Å². The van der Waals surface area contributed by atoms with Crippen LogP contribution in [0.3, 0.4) is 0 Å². The molecule has 1 aromatic heterocycles. The van der Waals surface area contributed by atoms with Gasteiger partial charge in [0.25, 0.3) is 5.91 Å². The lowest BCUT2D eigenvalue weighted by Crippen LogP contribution is -2.25. The number of hydrogen-bond donors (Lipinski definition) is 2. The molecule has 0 radical (unpaired) electrons. The summed E-state index contributed by atoms with van der Waals surface area (Å²) in [5.41, 5.74) is 5.64. The highest BCUT2D eigenvalue weighted by Crippen LogP contribution is 2.30. The zero-order chi connectivity index (χ0) is 19.6. The molecular weight excluding hydrogens is 340 g/mol. The molecule has 0 aliphatic rings. The normalized spacial score (nSPS) is 10.8. The van der Waals surface area contributed by atoms with Gasteiger partial charge in [-0.1, -0.05) is 24.3 Å². The van der Waals surface area contributed by atoms with Crippen LogP contribution in [0.2, 0.25) is 0 Å². The molecule has 5 heteroatoms. The van der Waals surface area contributed by atoms with Crippen LogP contribution in [0, 0.1) is 20.8 Å². The van der Waals surface area contributed by atoms with Crippen molar-refractivity contribution in [1.29, 1.82) is 0 Å². The summed E-state index contributed by atoms with van der Waals surface area (Å²) in [6, 6.07) is 11.6. The van der Waals surface area contributed by atoms with Crippen LogP contribution in [0.4, 0.5) is 5.69 Å². The summed E-state index contributed by atoms with van der Waals surface area (Å²) in [7, 11) is 0. The zero-order valence-electron chi connectivity index (χ0n) is 16.1. The monoisotopic (exact) mass is 364 g/mol. The summed E-state index contributed by atoms with van der Waals surface area (Å²) in [4.78, 5) is 23.6.